The van der Waals surface area contributed by atoms with Gasteiger partial charge < -0.3 is 15.8 Å². The molecule has 3 N–H and O–H groups in total. The molecule has 0 aromatic heterocycles. The van der Waals surface area contributed by atoms with Gasteiger partial charge in [-0.25, -0.2) is 0 Å². The predicted octanol–water partition coefficient (Wildman–Crippen LogP) is 1.68. The summed E-state index contributed by atoms with van der Waals surface area (Å²) in [5.41, 5.74) is 6.45. The fourth-order valence-electron chi connectivity index (χ4n) is 3.41. The summed E-state index contributed by atoms with van der Waals surface area (Å²) in [4.78, 5) is 11.1. The molecule has 0 aromatic rings. The lowest BCUT2D eigenvalue weighted by atomic mass is 9.62. The Balaban J connectivity index is 2.48. The summed E-state index contributed by atoms with van der Waals surface area (Å²) in [7, 11) is 1.43. The van der Waals surface area contributed by atoms with Gasteiger partial charge in [-0.2, -0.15) is 0 Å². The molecule has 1 aliphatic carbocycles. The van der Waals surface area contributed by atoms with Gasteiger partial charge in [-0.05, 0) is 36.6 Å². The Morgan fingerprint density at radius 1 is 1.39 bits per heavy atom. The summed E-state index contributed by atoms with van der Waals surface area (Å²) < 4.78 is 4.64. The van der Waals surface area contributed by atoms with Crippen LogP contribution in [0.2, 0.25) is 0 Å². The van der Waals surface area contributed by atoms with Crippen LogP contribution in [0.1, 0.15) is 46.5 Å². The minimum atomic E-state index is -0.154. The Labute approximate surface area is 111 Å². The first-order chi connectivity index (χ1) is 8.30. The van der Waals surface area contributed by atoms with E-state index in [4.69, 9.17) is 5.73 Å². The molecule has 4 heteroatoms. The van der Waals surface area contributed by atoms with Crippen LogP contribution in [0.15, 0.2) is 0 Å². The quantitative estimate of drug-likeness (QED) is 0.735. The number of nitrogens with one attached hydrogen (secondary N) is 1. The van der Waals surface area contributed by atoms with Crippen LogP contribution < -0.4 is 11.1 Å². The molecule has 0 heterocycles. The van der Waals surface area contributed by atoms with Gasteiger partial charge in [0.25, 0.3) is 0 Å². The molecule has 0 aromatic carbocycles. The van der Waals surface area contributed by atoms with Gasteiger partial charge in [0, 0.05) is 12.6 Å². The standard InChI is InChI=1S/C14H28N2O2/c1-13(2)7-11(8-14(3,9-13)10-15)16-6-5-12(17)18-4/h11,16H,5-10,15H2,1-4H3. The van der Waals surface area contributed by atoms with E-state index in [1.807, 2.05) is 0 Å². The molecule has 2 atom stereocenters. The van der Waals surface area contributed by atoms with E-state index in [-0.39, 0.29) is 11.4 Å². The van der Waals surface area contributed by atoms with Gasteiger partial charge in [0.15, 0.2) is 0 Å². The van der Waals surface area contributed by atoms with Crippen molar-refractivity contribution >= 4 is 5.97 Å². The monoisotopic (exact) mass is 256 g/mol. The minimum absolute atomic E-state index is 0.154. The Hall–Kier alpha value is -0.610. The zero-order valence-corrected chi connectivity index (χ0v) is 12.2. The molecule has 2 unspecified atom stereocenters. The van der Waals surface area contributed by atoms with Gasteiger partial charge >= 0.3 is 5.97 Å². The van der Waals surface area contributed by atoms with E-state index in [1.54, 1.807) is 0 Å². The van der Waals surface area contributed by atoms with Gasteiger partial charge in [-0.3, -0.25) is 4.79 Å². The van der Waals surface area contributed by atoms with E-state index in [0.29, 0.717) is 24.4 Å². The number of ether oxygens (including phenoxy) is 1. The maximum Gasteiger partial charge on any atom is 0.306 e. The molecule has 18 heavy (non-hydrogen) atoms. The van der Waals surface area contributed by atoms with Crippen molar-refractivity contribution < 1.29 is 9.53 Å². The Morgan fingerprint density at radius 2 is 2.06 bits per heavy atom. The molecule has 0 radical (unpaired) electrons. The predicted molar refractivity (Wildman–Crippen MR) is 73.2 cm³/mol. The van der Waals surface area contributed by atoms with Gasteiger partial charge in [0.1, 0.15) is 0 Å². The fraction of sp³-hybridized carbons (Fsp3) is 0.929. The Kier molecular flexibility index (Phi) is 5.17. The number of rotatable bonds is 5. The topological polar surface area (TPSA) is 64.3 Å². The van der Waals surface area contributed by atoms with E-state index in [0.717, 1.165) is 19.4 Å². The molecule has 1 saturated carbocycles. The third-order valence-corrected chi connectivity index (χ3v) is 3.93. The first kappa shape index (κ1) is 15.4. The molecule has 106 valence electrons. The van der Waals surface area contributed by atoms with Crippen LogP contribution in [-0.4, -0.2) is 32.2 Å². The summed E-state index contributed by atoms with van der Waals surface area (Å²) >= 11 is 0. The average molecular weight is 256 g/mol. The van der Waals surface area contributed by atoms with E-state index >= 15 is 0 Å². The molecule has 1 fully saturated rings. The van der Waals surface area contributed by atoms with Crippen molar-refractivity contribution in [1.82, 2.24) is 5.32 Å². The van der Waals surface area contributed by atoms with Crippen LogP contribution in [0.4, 0.5) is 0 Å². The normalized spacial score (nSPS) is 31.1. The highest BCUT2D eigenvalue weighted by molar-refractivity contribution is 5.69. The lowest BCUT2D eigenvalue weighted by Gasteiger charge is -2.46. The van der Waals surface area contributed by atoms with Crippen molar-refractivity contribution in [1.29, 1.82) is 0 Å². The van der Waals surface area contributed by atoms with Gasteiger partial charge in [0.05, 0.1) is 13.5 Å². The lowest BCUT2D eigenvalue weighted by Crippen LogP contribution is -2.48. The number of esters is 1. The van der Waals surface area contributed by atoms with Crippen LogP contribution in [-0.2, 0) is 9.53 Å². The molecule has 0 saturated heterocycles. The highest BCUT2D eigenvalue weighted by atomic mass is 16.5. The van der Waals surface area contributed by atoms with Crippen molar-refractivity contribution in [3.05, 3.63) is 0 Å². The molecule has 0 spiro atoms. The van der Waals surface area contributed by atoms with Crippen molar-refractivity contribution in [2.24, 2.45) is 16.6 Å². The van der Waals surface area contributed by atoms with Crippen LogP contribution in [0.5, 0.6) is 0 Å². The van der Waals surface area contributed by atoms with E-state index in [1.165, 1.54) is 13.5 Å². The van der Waals surface area contributed by atoms with Gasteiger partial charge in [0.2, 0.25) is 0 Å². The smallest absolute Gasteiger partial charge is 0.306 e. The molecule has 1 rings (SSSR count). The summed E-state index contributed by atoms with van der Waals surface area (Å²) in [6, 6.07) is 0.451. The Bertz CT molecular complexity index is 292. The average Bonchev–Trinajstić information content (AvgIpc) is 2.26. The number of carbonyl (C=O) groups excluding carboxylic acids is 1. The van der Waals surface area contributed by atoms with Crippen LogP contribution in [0.25, 0.3) is 0 Å². The number of hydrogen-bond donors (Lipinski definition) is 2. The maximum absolute atomic E-state index is 11.1. The number of hydrogen-bond acceptors (Lipinski definition) is 4. The van der Waals surface area contributed by atoms with E-state index in [9.17, 15) is 4.79 Å². The second-order valence-electron chi connectivity index (χ2n) is 6.74. The summed E-state index contributed by atoms with van der Waals surface area (Å²) in [6.07, 6.45) is 3.84. The number of carbonyl (C=O) groups is 1. The van der Waals surface area contributed by atoms with Crippen molar-refractivity contribution in [3.8, 4) is 0 Å². The molecule has 0 bridgehead atoms. The number of nitrogens with two attached hydrogens (primary N) is 1. The molecule has 4 nitrogen and oxygen atoms in total. The summed E-state index contributed by atoms with van der Waals surface area (Å²) in [5, 5.41) is 3.48. The molecular formula is C14H28N2O2. The molecule has 0 aliphatic heterocycles. The van der Waals surface area contributed by atoms with Crippen molar-refractivity contribution in [2.45, 2.75) is 52.5 Å². The van der Waals surface area contributed by atoms with Gasteiger partial charge in [-0.15, -0.1) is 0 Å². The number of methoxy groups -OCH3 is 1. The molecule has 1 aliphatic rings. The largest absolute Gasteiger partial charge is 0.469 e. The minimum Gasteiger partial charge on any atom is -0.469 e. The highest BCUT2D eigenvalue weighted by Gasteiger charge is 2.40. The van der Waals surface area contributed by atoms with E-state index in [2.05, 4.69) is 30.8 Å². The molecular weight excluding hydrogens is 228 g/mol. The second-order valence-corrected chi connectivity index (χ2v) is 6.74. The van der Waals surface area contributed by atoms with Crippen LogP contribution in [0, 0.1) is 10.8 Å². The SMILES string of the molecule is COC(=O)CCNC1CC(C)(C)CC(C)(CN)C1. The van der Waals surface area contributed by atoms with E-state index < -0.39 is 0 Å². The Morgan fingerprint density at radius 3 is 2.61 bits per heavy atom. The zero-order chi connectivity index (χ0) is 13.8. The molecule has 0 amide bonds. The van der Waals surface area contributed by atoms with Crippen molar-refractivity contribution in [3.63, 3.8) is 0 Å². The zero-order valence-electron chi connectivity index (χ0n) is 12.2. The lowest BCUT2D eigenvalue weighted by molar-refractivity contribution is -0.140. The first-order valence-electron chi connectivity index (χ1n) is 6.80. The maximum atomic E-state index is 11.1. The fourth-order valence-corrected chi connectivity index (χ4v) is 3.41. The third-order valence-electron chi connectivity index (χ3n) is 3.93. The second kappa shape index (κ2) is 6.02. The van der Waals surface area contributed by atoms with Crippen LogP contribution in [0.3, 0.4) is 0 Å². The summed E-state index contributed by atoms with van der Waals surface area (Å²) in [5.74, 6) is -0.154. The van der Waals surface area contributed by atoms with Crippen LogP contribution >= 0.6 is 0 Å². The summed E-state index contributed by atoms with van der Waals surface area (Å²) in [6.45, 7) is 8.28. The highest BCUT2D eigenvalue weighted by Crippen LogP contribution is 2.45. The third kappa shape index (κ3) is 4.58. The van der Waals surface area contributed by atoms with Crippen molar-refractivity contribution in [2.75, 3.05) is 20.2 Å². The van der Waals surface area contributed by atoms with Gasteiger partial charge in [-0.1, -0.05) is 20.8 Å². The first-order valence-corrected chi connectivity index (χ1v) is 6.80.